The number of amides is 2. The summed E-state index contributed by atoms with van der Waals surface area (Å²) in [5.74, 6) is -0.189. The maximum Gasteiger partial charge on any atom is 0.293 e. The second kappa shape index (κ2) is 7.45. The molecule has 1 fully saturated rings. The summed E-state index contributed by atoms with van der Waals surface area (Å²) in [5, 5.41) is 0.899. The minimum Gasteiger partial charge on any atom is -0.350 e. The van der Waals surface area contributed by atoms with Gasteiger partial charge in [0.15, 0.2) is 0 Å². The van der Waals surface area contributed by atoms with E-state index in [1.807, 2.05) is 66.4 Å². The molecule has 27 heavy (non-hydrogen) atoms. The molecular weight excluding hydrogens is 356 g/mol. The lowest BCUT2D eigenvalue weighted by Gasteiger charge is -2.12. The molecule has 0 unspecified atom stereocenters. The van der Waals surface area contributed by atoms with Crippen LogP contribution >= 0.6 is 11.8 Å². The molecule has 0 spiro atoms. The Morgan fingerprint density at radius 2 is 1.74 bits per heavy atom. The molecule has 3 aromatic rings. The van der Waals surface area contributed by atoms with Gasteiger partial charge < -0.3 is 4.57 Å². The van der Waals surface area contributed by atoms with Crippen molar-refractivity contribution in [2.75, 3.05) is 6.54 Å². The zero-order valence-electron chi connectivity index (χ0n) is 15.1. The predicted molar refractivity (Wildman–Crippen MR) is 110 cm³/mol. The van der Waals surface area contributed by atoms with E-state index >= 15 is 0 Å². The average molecular weight is 376 g/mol. The lowest BCUT2D eigenvalue weighted by molar-refractivity contribution is -0.122. The number of para-hydroxylation sites is 1. The van der Waals surface area contributed by atoms with Crippen LogP contribution in [0, 0.1) is 0 Å². The molecule has 5 heteroatoms. The summed E-state index contributed by atoms with van der Waals surface area (Å²) >= 11 is 1.03. The molecule has 0 atom stereocenters. The average Bonchev–Trinajstić information content (AvgIpc) is 3.14. The molecule has 0 radical (unpaired) electrons. The highest BCUT2D eigenvalue weighted by atomic mass is 32.2. The quantitative estimate of drug-likeness (QED) is 0.598. The van der Waals surface area contributed by atoms with Gasteiger partial charge in [0.25, 0.3) is 11.1 Å². The van der Waals surface area contributed by atoms with Crippen molar-refractivity contribution in [2.24, 2.45) is 7.05 Å². The molecule has 1 saturated heterocycles. The summed E-state index contributed by atoms with van der Waals surface area (Å²) in [5.41, 5.74) is 3.28. The highest BCUT2D eigenvalue weighted by Gasteiger charge is 2.34. The summed E-state index contributed by atoms with van der Waals surface area (Å²) in [6.45, 7) is 0.451. The van der Waals surface area contributed by atoms with Crippen molar-refractivity contribution >= 4 is 39.9 Å². The van der Waals surface area contributed by atoms with E-state index in [-0.39, 0.29) is 11.1 Å². The van der Waals surface area contributed by atoms with Gasteiger partial charge in [0, 0.05) is 36.3 Å². The zero-order chi connectivity index (χ0) is 18.8. The molecule has 4 rings (SSSR count). The van der Waals surface area contributed by atoms with Crippen molar-refractivity contribution in [2.45, 2.75) is 12.8 Å². The first-order valence-electron chi connectivity index (χ1n) is 8.97. The van der Waals surface area contributed by atoms with E-state index in [2.05, 4.69) is 12.1 Å². The fourth-order valence-corrected chi connectivity index (χ4v) is 4.26. The monoisotopic (exact) mass is 376 g/mol. The smallest absolute Gasteiger partial charge is 0.293 e. The van der Waals surface area contributed by atoms with Gasteiger partial charge in [-0.2, -0.15) is 0 Å². The number of rotatable bonds is 5. The van der Waals surface area contributed by atoms with Gasteiger partial charge in [-0.25, -0.2) is 0 Å². The lowest BCUT2D eigenvalue weighted by Crippen LogP contribution is -2.29. The molecule has 0 N–H and O–H groups in total. The molecule has 1 aliphatic rings. The van der Waals surface area contributed by atoms with Crippen LogP contribution in [0.25, 0.3) is 17.0 Å². The molecule has 2 aromatic carbocycles. The maximum absolute atomic E-state index is 12.7. The Morgan fingerprint density at radius 1 is 1.00 bits per heavy atom. The largest absolute Gasteiger partial charge is 0.350 e. The van der Waals surface area contributed by atoms with Gasteiger partial charge >= 0.3 is 0 Å². The van der Waals surface area contributed by atoms with Crippen molar-refractivity contribution < 1.29 is 9.59 Å². The third-order valence-corrected chi connectivity index (χ3v) is 5.69. The van der Waals surface area contributed by atoms with Crippen LogP contribution in [-0.4, -0.2) is 27.2 Å². The van der Waals surface area contributed by atoms with Gasteiger partial charge in [-0.1, -0.05) is 48.5 Å². The Bertz CT molecular complexity index is 1040. The van der Waals surface area contributed by atoms with Crippen molar-refractivity contribution in [3.8, 4) is 0 Å². The number of carbonyl (C=O) groups is 2. The first kappa shape index (κ1) is 17.6. The van der Waals surface area contributed by atoms with Gasteiger partial charge in [0.05, 0.1) is 4.91 Å². The van der Waals surface area contributed by atoms with Gasteiger partial charge in [0.2, 0.25) is 0 Å². The van der Waals surface area contributed by atoms with Crippen LogP contribution in [-0.2, 0) is 18.3 Å². The molecule has 0 bridgehead atoms. The second-order valence-corrected chi connectivity index (χ2v) is 7.63. The number of carbonyl (C=O) groups excluding carboxylic acids is 2. The lowest BCUT2D eigenvalue weighted by atomic mass is 10.1. The zero-order valence-corrected chi connectivity index (χ0v) is 15.9. The highest BCUT2D eigenvalue weighted by molar-refractivity contribution is 8.18. The summed E-state index contributed by atoms with van der Waals surface area (Å²) in [4.78, 5) is 26.9. The molecule has 136 valence electrons. The molecular formula is C22H20N2O2S. The maximum atomic E-state index is 12.7. The normalized spacial score (nSPS) is 16.0. The molecule has 1 aromatic heterocycles. The molecule has 2 amide bonds. The van der Waals surface area contributed by atoms with Crippen LogP contribution in [0.3, 0.4) is 0 Å². The van der Waals surface area contributed by atoms with Crippen LogP contribution < -0.4 is 0 Å². The van der Waals surface area contributed by atoms with Crippen LogP contribution in [0.2, 0.25) is 0 Å². The van der Waals surface area contributed by atoms with Gasteiger partial charge in [0.1, 0.15) is 0 Å². The summed E-state index contributed by atoms with van der Waals surface area (Å²) in [7, 11) is 1.98. The Balaban J connectivity index is 1.49. The first-order valence-corrected chi connectivity index (χ1v) is 9.78. The number of hydrogen-bond donors (Lipinski definition) is 0. The fourth-order valence-electron chi connectivity index (χ4n) is 3.41. The molecule has 0 aliphatic carbocycles. The minimum atomic E-state index is -0.189. The third kappa shape index (κ3) is 3.55. The van der Waals surface area contributed by atoms with Crippen molar-refractivity contribution in [3.63, 3.8) is 0 Å². The number of fused-ring (bicyclic) bond motifs is 1. The van der Waals surface area contributed by atoms with E-state index < -0.39 is 0 Å². The Hall–Kier alpha value is -2.79. The van der Waals surface area contributed by atoms with E-state index in [0.717, 1.165) is 41.1 Å². The highest BCUT2D eigenvalue weighted by Crippen LogP contribution is 2.34. The van der Waals surface area contributed by atoms with Crippen molar-refractivity contribution in [3.05, 3.63) is 76.8 Å². The number of aryl methyl sites for hydroxylation is 2. The van der Waals surface area contributed by atoms with Crippen LogP contribution in [0.5, 0.6) is 0 Å². The molecule has 0 saturated carbocycles. The van der Waals surface area contributed by atoms with Gasteiger partial charge in [-0.15, -0.1) is 0 Å². The number of nitrogens with zero attached hydrogens (tertiary/aromatic N) is 2. The second-order valence-electron chi connectivity index (χ2n) is 6.63. The molecule has 2 heterocycles. The minimum absolute atomic E-state index is 0.181. The Kier molecular flexibility index (Phi) is 4.86. The number of aromatic nitrogens is 1. The third-order valence-electron chi connectivity index (χ3n) is 4.78. The van der Waals surface area contributed by atoms with Gasteiger partial charge in [-0.3, -0.25) is 14.5 Å². The SMILES string of the molecule is Cn1cc(/C=C2/SC(=O)N(CCCc3ccccc3)C2=O)c2ccccc21. The van der Waals surface area contributed by atoms with E-state index in [1.165, 1.54) is 10.5 Å². The Morgan fingerprint density at radius 3 is 2.56 bits per heavy atom. The molecule has 1 aliphatic heterocycles. The summed E-state index contributed by atoms with van der Waals surface area (Å²) < 4.78 is 2.03. The summed E-state index contributed by atoms with van der Waals surface area (Å²) in [6.07, 6.45) is 5.45. The van der Waals surface area contributed by atoms with Crippen molar-refractivity contribution in [1.29, 1.82) is 0 Å². The molecule has 4 nitrogen and oxygen atoms in total. The number of imide groups is 1. The first-order chi connectivity index (χ1) is 13.1. The fraction of sp³-hybridized carbons (Fsp3) is 0.182. The standard InChI is InChI=1S/C22H20N2O2S/c1-23-15-17(18-11-5-6-12-19(18)23)14-20-21(25)24(22(26)27-20)13-7-10-16-8-3-2-4-9-16/h2-6,8-9,11-12,14-15H,7,10,13H2,1H3/b20-14+. The van der Waals surface area contributed by atoms with Crippen molar-refractivity contribution in [1.82, 2.24) is 9.47 Å². The van der Waals surface area contributed by atoms with E-state index in [1.54, 1.807) is 0 Å². The van der Waals surface area contributed by atoms with Crippen LogP contribution in [0.1, 0.15) is 17.5 Å². The summed E-state index contributed by atoms with van der Waals surface area (Å²) in [6, 6.07) is 18.2. The van der Waals surface area contributed by atoms with Crippen LogP contribution in [0.15, 0.2) is 65.7 Å². The number of thioether (sulfide) groups is 1. The number of benzene rings is 2. The van der Waals surface area contributed by atoms with Crippen LogP contribution in [0.4, 0.5) is 4.79 Å². The van der Waals surface area contributed by atoms with E-state index in [0.29, 0.717) is 11.4 Å². The Labute approximate surface area is 162 Å². The van der Waals surface area contributed by atoms with Gasteiger partial charge in [-0.05, 0) is 42.3 Å². The predicted octanol–water partition coefficient (Wildman–Crippen LogP) is 4.85. The topological polar surface area (TPSA) is 42.3 Å². The number of hydrogen-bond acceptors (Lipinski definition) is 3. The van der Waals surface area contributed by atoms with E-state index in [4.69, 9.17) is 0 Å². The van der Waals surface area contributed by atoms with E-state index in [9.17, 15) is 9.59 Å².